The van der Waals surface area contributed by atoms with Crippen LogP contribution in [0, 0.1) is 6.92 Å². The molecule has 5 nitrogen and oxygen atoms in total. The summed E-state index contributed by atoms with van der Waals surface area (Å²) < 4.78 is 42.2. The van der Waals surface area contributed by atoms with Crippen LogP contribution >= 0.6 is 0 Å². The van der Waals surface area contributed by atoms with Gasteiger partial charge in [0.15, 0.2) is 11.5 Å². The summed E-state index contributed by atoms with van der Waals surface area (Å²) >= 11 is 0. The molecule has 0 saturated heterocycles. The smallest absolute Gasteiger partial charge is 0.298 e. The number of aryl methyl sites for hydroxylation is 1. The number of ketones is 1. The summed E-state index contributed by atoms with van der Waals surface area (Å²) in [5.41, 5.74) is 3.80. The summed E-state index contributed by atoms with van der Waals surface area (Å²) in [6.45, 7) is 1.82. The molecule has 5 rings (SSSR count). The number of benzene rings is 2. The van der Waals surface area contributed by atoms with Gasteiger partial charge in [-0.25, -0.2) is 9.97 Å². The van der Waals surface area contributed by atoms with Crippen LogP contribution in [0.15, 0.2) is 66.9 Å². The number of nitrogens with zero attached hydrogens (tertiary/aromatic N) is 4. The van der Waals surface area contributed by atoms with Gasteiger partial charge in [0.25, 0.3) is 0 Å². The fourth-order valence-electron chi connectivity index (χ4n) is 5.27. The maximum Gasteiger partial charge on any atom is 0.435 e. The molecule has 2 heterocycles. The summed E-state index contributed by atoms with van der Waals surface area (Å²) in [6.07, 6.45) is 0.136. The van der Waals surface area contributed by atoms with Crippen molar-refractivity contribution in [3.63, 3.8) is 0 Å². The highest BCUT2D eigenvalue weighted by Crippen LogP contribution is 2.36. The number of alkyl halides is 3. The molecule has 0 N–H and O–H groups in total. The Morgan fingerprint density at radius 3 is 2.50 bits per heavy atom. The minimum atomic E-state index is -4.53. The van der Waals surface area contributed by atoms with E-state index in [0.717, 1.165) is 28.8 Å². The SMILES string of the molecule is Cc1ccccc1-c1ccnc(C(CC(=O)Cn2nc(C(F)(F)F)c3c2CCCC3)Cc2ccccc2)n1. The highest BCUT2D eigenvalue weighted by atomic mass is 19.4. The monoisotopic (exact) mass is 518 g/mol. The number of aromatic nitrogens is 4. The molecule has 0 saturated carbocycles. The highest BCUT2D eigenvalue weighted by Gasteiger charge is 2.39. The molecule has 2 aromatic heterocycles. The quantitative estimate of drug-likeness (QED) is 0.266. The first-order chi connectivity index (χ1) is 18.3. The van der Waals surface area contributed by atoms with Gasteiger partial charge in [0, 0.05) is 35.4 Å². The molecule has 0 aliphatic heterocycles. The number of carbonyl (C=O) groups excluding carboxylic acids is 1. The zero-order valence-corrected chi connectivity index (χ0v) is 21.2. The van der Waals surface area contributed by atoms with Crippen molar-refractivity contribution in [3.8, 4) is 11.3 Å². The Bertz CT molecular complexity index is 1430. The van der Waals surface area contributed by atoms with Gasteiger partial charge >= 0.3 is 6.18 Å². The summed E-state index contributed by atoms with van der Waals surface area (Å²) in [7, 11) is 0. The first kappa shape index (κ1) is 25.8. The van der Waals surface area contributed by atoms with Crippen LogP contribution in [0.4, 0.5) is 13.2 Å². The molecular weight excluding hydrogens is 489 g/mol. The van der Waals surface area contributed by atoms with Gasteiger partial charge in [0.2, 0.25) is 0 Å². The Hall–Kier alpha value is -3.81. The molecular formula is C30H29F3N4O. The minimum Gasteiger partial charge on any atom is -0.298 e. The first-order valence-electron chi connectivity index (χ1n) is 12.9. The van der Waals surface area contributed by atoms with Crippen LogP contribution in [0.3, 0.4) is 0 Å². The average Bonchev–Trinajstić information content (AvgIpc) is 3.28. The van der Waals surface area contributed by atoms with E-state index in [1.165, 1.54) is 4.68 Å². The second kappa shape index (κ2) is 10.9. The summed E-state index contributed by atoms with van der Waals surface area (Å²) in [5.74, 6) is 0.0178. The largest absolute Gasteiger partial charge is 0.435 e. The molecule has 0 fully saturated rings. The molecule has 1 atom stereocenters. The fourth-order valence-corrected chi connectivity index (χ4v) is 5.27. The summed E-state index contributed by atoms with van der Waals surface area (Å²) in [5, 5.41) is 3.87. The van der Waals surface area contributed by atoms with Gasteiger partial charge in [-0.15, -0.1) is 0 Å². The molecule has 8 heteroatoms. The summed E-state index contributed by atoms with van der Waals surface area (Å²) in [4.78, 5) is 22.7. The predicted molar refractivity (Wildman–Crippen MR) is 139 cm³/mol. The Kier molecular flexibility index (Phi) is 7.40. The van der Waals surface area contributed by atoms with Crippen molar-refractivity contribution in [1.82, 2.24) is 19.7 Å². The van der Waals surface area contributed by atoms with E-state index in [-0.39, 0.29) is 30.2 Å². The van der Waals surface area contributed by atoms with Crippen LogP contribution in [-0.2, 0) is 36.8 Å². The van der Waals surface area contributed by atoms with Gasteiger partial charge < -0.3 is 0 Å². The number of hydrogen-bond donors (Lipinski definition) is 0. The number of hydrogen-bond acceptors (Lipinski definition) is 4. The second-order valence-electron chi connectivity index (χ2n) is 9.88. The number of fused-ring (bicyclic) bond motifs is 1. The van der Waals surface area contributed by atoms with Gasteiger partial charge in [-0.1, -0.05) is 54.6 Å². The van der Waals surface area contributed by atoms with Gasteiger partial charge in [0.05, 0.1) is 12.2 Å². The zero-order valence-electron chi connectivity index (χ0n) is 21.2. The van der Waals surface area contributed by atoms with Crippen molar-refractivity contribution in [2.75, 3.05) is 0 Å². The summed E-state index contributed by atoms with van der Waals surface area (Å²) in [6, 6.07) is 19.6. The van der Waals surface area contributed by atoms with Crippen LogP contribution < -0.4 is 0 Å². The molecule has 1 aliphatic carbocycles. The number of carbonyl (C=O) groups is 1. The molecule has 1 unspecified atom stereocenters. The van der Waals surface area contributed by atoms with Crippen LogP contribution in [0.25, 0.3) is 11.3 Å². The molecule has 2 aromatic carbocycles. The van der Waals surface area contributed by atoms with E-state index >= 15 is 0 Å². The third kappa shape index (κ3) is 5.69. The van der Waals surface area contributed by atoms with E-state index in [9.17, 15) is 18.0 Å². The lowest BCUT2D eigenvalue weighted by molar-refractivity contribution is -0.142. The van der Waals surface area contributed by atoms with Crippen molar-refractivity contribution in [1.29, 1.82) is 0 Å². The Morgan fingerprint density at radius 1 is 1.00 bits per heavy atom. The first-order valence-corrected chi connectivity index (χ1v) is 12.9. The lowest BCUT2D eigenvalue weighted by atomic mass is 9.92. The van der Waals surface area contributed by atoms with E-state index in [2.05, 4.69) is 10.1 Å². The van der Waals surface area contributed by atoms with E-state index in [0.29, 0.717) is 37.2 Å². The molecule has 38 heavy (non-hydrogen) atoms. The third-order valence-electron chi connectivity index (χ3n) is 7.11. The zero-order chi connectivity index (χ0) is 26.7. The minimum absolute atomic E-state index is 0.0993. The third-order valence-corrected chi connectivity index (χ3v) is 7.11. The van der Waals surface area contributed by atoms with E-state index < -0.39 is 11.9 Å². The molecule has 4 aromatic rings. The van der Waals surface area contributed by atoms with Gasteiger partial charge in [-0.05, 0) is 56.2 Å². The Labute approximate surface area is 219 Å². The van der Waals surface area contributed by atoms with Gasteiger partial charge in [-0.2, -0.15) is 18.3 Å². The van der Waals surface area contributed by atoms with Crippen LogP contribution in [0.2, 0.25) is 0 Å². The lowest BCUT2D eigenvalue weighted by Crippen LogP contribution is -2.20. The topological polar surface area (TPSA) is 60.7 Å². The van der Waals surface area contributed by atoms with Crippen molar-refractivity contribution in [2.45, 2.75) is 64.1 Å². The average molecular weight is 519 g/mol. The fraction of sp³-hybridized carbons (Fsp3) is 0.333. The van der Waals surface area contributed by atoms with Gasteiger partial charge in [-0.3, -0.25) is 9.48 Å². The number of rotatable bonds is 8. The van der Waals surface area contributed by atoms with E-state index in [1.807, 2.05) is 67.6 Å². The lowest BCUT2D eigenvalue weighted by Gasteiger charge is -2.18. The van der Waals surface area contributed by atoms with Crippen LogP contribution in [0.1, 0.15) is 59.1 Å². The second-order valence-corrected chi connectivity index (χ2v) is 9.88. The molecule has 0 radical (unpaired) electrons. The molecule has 1 aliphatic rings. The van der Waals surface area contributed by atoms with E-state index in [4.69, 9.17) is 4.98 Å². The maximum atomic E-state index is 13.6. The van der Waals surface area contributed by atoms with Crippen molar-refractivity contribution >= 4 is 5.78 Å². The molecule has 0 bridgehead atoms. The normalized spacial score (nSPS) is 14.2. The maximum absolute atomic E-state index is 13.6. The predicted octanol–water partition coefficient (Wildman–Crippen LogP) is 6.53. The molecule has 0 spiro atoms. The van der Waals surface area contributed by atoms with Crippen molar-refractivity contribution < 1.29 is 18.0 Å². The number of halogens is 3. The van der Waals surface area contributed by atoms with Crippen molar-refractivity contribution in [3.05, 3.63) is 101 Å². The van der Waals surface area contributed by atoms with Crippen LogP contribution in [-0.4, -0.2) is 25.5 Å². The highest BCUT2D eigenvalue weighted by molar-refractivity contribution is 5.79. The Morgan fingerprint density at radius 2 is 1.74 bits per heavy atom. The van der Waals surface area contributed by atoms with Gasteiger partial charge in [0.1, 0.15) is 5.82 Å². The number of Topliss-reactive ketones (excluding diaryl/α,β-unsaturated/α-hetero) is 1. The van der Waals surface area contributed by atoms with Crippen LogP contribution in [0.5, 0.6) is 0 Å². The molecule has 196 valence electrons. The van der Waals surface area contributed by atoms with E-state index in [1.54, 1.807) is 6.20 Å². The van der Waals surface area contributed by atoms with Crippen molar-refractivity contribution in [2.24, 2.45) is 0 Å². The molecule has 0 amide bonds. The standard InChI is InChI=1S/C30H29F3N4O/c1-20-9-5-6-12-24(20)26-15-16-34-29(35-26)22(17-21-10-3-2-4-11-21)18-23(38)19-37-27-14-8-7-13-25(27)28(36-37)30(31,32)33/h2-6,9-12,15-16,22H,7-8,13-14,17-19H2,1H3. The Balaban J connectivity index is 1.43.